The van der Waals surface area contributed by atoms with Crippen molar-refractivity contribution >= 4 is 29.9 Å². The summed E-state index contributed by atoms with van der Waals surface area (Å²) in [4.78, 5) is 6.54. The summed E-state index contributed by atoms with van der Waals surface area (Å²) in [5.41, 5.74) is 6.71. The van der Waals surface area contributed by atoms with Crippen LogP contribution >= 0.6 is 24.0 Å². The van der Waals surface area contributed by atoms with Crippen LogP contribution in [0.15, 0.2) is 17.1 Å². The molecule has 102 valence electrons. The quantitative estimate of drug-likeness (QED) is 0.230. The van der Waals surface area contributed by atoms with E-state index < -0.39 is 0 Å². The summed E-state index contributed by atoms with van der Waals surface area (Å²) >= 11 is 0. The fourth-order valence-corrected chi connectivity index (χ4v) is 1.33. The number of rotatable bonds is 8. The van der Waals surface area contributed by atoms with Gasteiger partial charge in [0.2, 0.25) is 0 Å². The smallest absolute Gasteiger partial charge is 0.188 e. The Morgan fingerprint density at radius 1 is 1.35 bits per heavy atom. The zero-order valence-corrected chi connectivity index (χ0v) is 13.7. The Balaban J connectivity index is 0. The predicted octanol–water partition coefficient (Wildman–Crippen LogP) is 1.82. The SMILES string of the molecule is C=C(C)CN=C(N)NCCCN(CC)CC.I. The largest absolute Gasteiger partial charge is 0.370 e. The molecule has 0 fully saturated rings. The van der Waals surface area contributed by atoms with Crippen molar-refractivity contribution in [3.8, 4) is 0 Å². The van der Waals surface area contributed by atoms with Gasteiger partial charge in [0.05, 0.1) is 6.54 Å². The predicted molar refractivity (Wildman–Crippen MR) is 87.1 cm³/mol. The number of nitrogens with two attached hydrogens (primary N) is 1. The molecule has 0 radical (unpaired) electrons. The fourth-order valence-electron chi connectivity index (χ4n) is 1.33. The molecule has 5 heteroatoms. The normalized spacial score (nSPS) is 11.2. The lowest BCUT2D eigenvalue weighted by Gasteiger charge is -2.17. The van der Waals surface area contributed by atoms with Gasteiger partial charge in [-0.15, -0.1) is 24.0 Å². The summed E-state index contributed by atoms with van der Waals surface area (Å²) in [6, 6.07) is 0. The molecule has 0 aliphatic carbocycles. The second kappa shape index (κ2) is 12.2. The lowest BCUT2D eigenvalue weighted by Crippen LogP contribution is -2.34. The van der Waals surface area contributed by atoms with Crippen molar-refractivity contribution in [2.75, 3.05) is 32.7 Å². The van der Waals surface area contributed by atoms with Crippen molar-refractivity contribution in [2.45, 2.75) is 27.2 Å². The lowest BCUT2D eigenvalue weighted by atomic mass is 10.3. The van der Waals surface area contributed by atoms with E-state index in [-0.39, 0.29) is 24.0 Å². The first-order valence-electron chi connectivity index (χ1n) is 6.00. The van der Waals surface area contributed by atoms with E-state index in [1.165, 1.54) is 0 Å². The molecule has 3 N–H and O–H groups in total. The van der Waals surface area contributed by atoms with Crippen LogP contribution in [0.2, 0.25) is 0 Å². The molecule has 0 aromatic heterocycles. The number of guanidine groups is 1. The molecule has 0 heterocycles. The second-order valence-electron chi connectivity index (χ2n) is 3.97. The Hall–Kier alpha value is -0.300. The van der Waals surface area contributed by atoms with Crippen LogP contribution < -0.4 is 11.1 Å². The van der Waals surface area contributed by atoms with Gasteiger partial charge >= 0.3 is 0 Å². The molecule has 0 atom stereocenters. The Morgan fingerprint density at radius 2 is 1.94 bits per heavy atom. The summed E-state index contributed by atoms with van der Waals surface area (Å²) in [5.74, 6) is 0.516. The molecule has 0 aromatic carbocycles. The fraction of sp³-hybridized carbons (Fsp3) is 0.750. The van der Waals surface area contributed by atoms with Gasteiger partial charge in [-0.1, -0.05) is 26.0 Å². The van der Waals surface area contributed by atoms with E-state index in [0.717, 1.165) is 38.2 Å². The van der Waals surface area contributed by atoms with Crippen molar-refractivity contribution in [1.29, 1.82) is 0 Å². The van der Waals surface area contributed by atoms with Crippen molar-refractivity contribution in [3.05, 3.63) is 12.2 Å². The van der Waals surface area contributed by atoms with E-state index in [9.17, 15) is 0 Å². The first kappa shape index (κ1) is 19.0. The maximum Gasteiger partial charge on any atom is 0.188 e. The van der Waals surface area contributed by atoms with E-state index in [2.05, 4.69) is 35.6 Å². The zero-order valence-electron chi connectivity index (χ0n) is 11.3. The number of aliphatic imine (C=N–C) groups is 1. The van der Waals surface area contributed by atoms with Crippen LogP contribution in [0.5, 0.6) is 0 Å². The minimum atomic E-state index is 0. The topological polar surface area (TPSA) is 53.6 Å². The van der Waals surface area contributed by atoms with Crippen molar-refractivity contribution in [2.24, 2.45) is 10.7 Å². The van der Waals surface area contributed by atoms with Gasteiger partial charge in [0.25, 0.3) is 0 Å². The van der Waals surface area contributed by atoms with Gasteiger partial charge < -0.3 is 16.0 Å². The standard InChI is InChI=1S/C12H26N4.HI/c1-5-16(6-2)9-7-8-14-12(13)15-10-11(3)4;/h3,5-10H2,1-2,4H3,(H3,13,14,15);1H. The molecule has 4 nitrogen and oxygen atoms in total. The Morgan fingerprint density at radius 3 is 2.41 bits per heavy atom. The monoisotopic (exact) mass is 354 g/mol. The van der Waals surface area contributed by atoms with E-state index in [0.29, 0.717) is 12.5 Å². The average Bonchev–Trinajstić information content (AvgIpc) is 2.26. The molecule has 0 aliphatic heterocycles. The van der Waals surface area contributed by atoms with Gasteiger partial charge in [-0.05, 0) is 33.0 Å². The summed E-state index contributed by atoms with van der Waals surface area (Å²) in [6.07, 6.45) is 1.09. The minimum Gasteiger partial charge on any atom is -0.370 e. The molecule has 0 spiro atoms. The van der Waals surface area contributed by atoms with Crippen LogP contribution in [-0.4, -0.2) is 43.6 Å². The molecule has 0 aliphatic rings. The molecular weight excluding hydrogens is 327 g/mol. The van der Waals surface area contributed by atoms with Crippen LogP contribution in [0.4, 0.5) is 0 Å². The van der Waals surface area contributed by atoms with Crippen LogP contribution in [0.25, 0.3) is 0 Å². The number of hydrogen-bond acceptors (Lipinski definition) is 2. The van der Waals surface area contributed by atoms with E-state index in [1.54, 1.807) is 0 Å². The third-order valence-electron chi connectivity index (χ3n) is 2.37. The maximum atomic E-state index is 5.69. The van der Waals surface area contributed by atoms with E-state index >= 15 is 0 Å². The summed E-state index contributed by atoms with van der Waals surface area (Å²) in [5, 5.41) is 3.10. The number of halogens is 1. The Kier molecular flexibility index (Phi) is 13.6. The third-order valence-corrected chi connectivity index (χ3v) is 2.37. The first-order chi connectivity index (χ1) is 7.60. The van der Waals surface area contributed by atoms with Gasteiger partial charge in [0.1, 0.15) is 0 Å². The number of nitrogens with zero attached hydrogens (tertiary/aromatic N) is 2. The number of hydrogen-bond donors (Lipinski definition) is 2. The third kappa shape index (κ3) is 12.0. The summed E-state index contributed by atoms with van der Waals surface area (Å²) in [6.45, 7) is 14.9. The summed E-state index contributed by atoms with van der Waals surface area (Å²) < 4.78 is 0. The molecule has 0 unspecified atom stereocenters. The van der Waals surface area contributed by atoms with Gasteiger partial charge in [-0.2, -0.15) is 0 Å². The van der Waals surface area contributed by atoms with Crippen LogP contribution in [0.3, 0.4) is 0 Å². The first-order valence-corrected chi connectivity index (χ1v) is 6.00. The molecule has 0 rings (SSSR count). The van der Waals surface area contributed by atoms with Gasteiger partial charge in [0.15, 0.2) is 5.96 Å². The Labute approximate surface area is 123 Å². The average molecular weight is 354 g/mol. The minimum absolute atomic E-state index is 0. The second-order valence-corrected chi connectivity index (χ2v) is 3.97. The van der Waals surface area contributed by atoms with Gasteiger partial charge in [-0.25, -0.2) is 4.99 Å². The highest BCUT2D eigenvalue weighted by Crippen LogP contribution is 1.89. The van der Waals surface area contributed by atoms with Crippen molar-refractivity contribution in [3.63, 3.8) is 0 Å². The molecule has 0 aromatic rings. The van der Waals surface area contributed by atoms with E-state index in [1.807, 2.05) is 6.92 Å². The Bertz CT molecular complexity index is 225. The van der Waals surface area contributed by atoms with Crippen LogP contribution in [0, 0.1) is 0 Å². The van der Waals surface area contributed by atoms with Crippen LogP contribution in [0.1, 0.15) is 27.2 Å². The maximum absolute atomic E-state index is 5.69. The van der Waals surface area contributed by atoms with Gasteiger partial charge in [-0.3, -0.25) is 0 Å². The highest BCUT2D eigenvalue weighted by Gasteiger charge is 1.98. The summed E-state index contributed by atoms with van der Waals surface area (Å²) in [7, 11) is 0. The molecular formula is C12H27IN4. The number of nitrogens with one attached hydrogen (secondary N) is 1. The van der Waals surface area contributed by atoms with Gasteiger partial charge in [0, 0.05) is 6.54 Å². The lowest BCUT2D eigenvalue weighted by molar-refractivity contribution is 0.300. The van der Waals surface area contributed by atoms with E-state index in [4.69, 9.17) is 5.73 Å². The zero-order chi connectivity index (χ0) is 12.4. The highest BCUT2D eigenvalue weighted by molar-refractivity contribution is 14.0. The molecule has 0 saturated heterocycles. The highest BCUT2D eigenvalue weighted by atomic mass is 127. The van der Waals surface area contributed by atoms with Crippen molar-refractivity contribution < 1.29 is 0 Å². The van der Waals surface area contributed by atoms with Crippen LogP contribution in [-0.2, 0) is 0 Å². The molecule has 17 heavy (non-hydrogen) atoms. The van der Waals surface area contributed by atoms with Crippen molar-refractivity contribution in [1.82, 2.24) is 10.2 Å². The molecule has 0 saturated carbocycles. The molecule has 0 bridgehead atoms. The molecule has 0 amide bonds.